The Morgan fingerprint density at radius 2 is 2.04 bits per heavy atom. The SMILES string of the molecule is CC(NC(=O)C1Cc2ccccc2O1)c1nc2ccccc2[nH]1. The van der Waals surface area contributed by atoms with Gasteiger partial charge in [0.25, 0.3) is 5.91 Å². The molecule has 2 heterocycles. The van der Waals surface area contributed by atoms with Crippen LogP contribution in [-0.2, 0) is 11.2 Å². The number of carbonyl (C=O) groups excluding carboxylic acids is 1. The number of fused-ring (bicyclic) bond motifs is 2. The smallest absolute Gasteiger partial charge is 0.262 e. The van der Waals surface area contributed by atoms with E-state index in [9.17, 15) is 4.79 Å². The molecule has 4 rings (SSSR count). The highest BCUT2D eigenvalue weighted by Gasteiger charge is 2.30. The zero-order valence-electron chi connectivity index (χ0n) is 12.7. The molecular formula is C18H17N3O2. The third-order valence-corrected chi connectivity index (χ3v) is 4.12. The Bertz CT molecular complexity index is 813. The molecular weight excluding hydrogens is 290 g/mol. The molecule has 0 bridgehead atoms. The lowest BCUT2D eigenvalue weighted by Gasteiger charge is -2.15. The molecule has 23 heavy (non-hydrogen) atoms. The van der Waals surface area contributed by atoms with Crippen molar-refractivity contribution in [3.63, 3.8) is 0 Å². The van der Waals surface area contributed by atoms with E-state index in [-0.39, 0.29) is 11.9 Å². The lowest BCUT2D eigenvalue weighted by atomic mass is 10.1. The number of aromatic amines is 1. The minimum Gasteiger partial charge on any atom is -0.480 e. The average Bonchev–Trinajstić information content (AvgIpc) is 3.18. The van der Waals surface area contributed by atoms with E-state index in [4.69, 9.17) is 4.74 Å². The van der Waals surface area contributed by atoms with Gasteiger partial charge in [-0.05, 0) is 30.7 Å². The molecule has 2 atom stereocenters. The van der Waals surface area contributed by atoms with Crippen molar-refractivity contribution in [1.29, 1.82) is 0 Å². The molecule has 1 amide bonds. The number of H-pyrrole nitrogens is 1. The van der Waals surface area contributed by atoms with E-state index in [2.05, 4.69) is 15.3 Å². The van der Waals surface area contributed by atoms with Crippen LogP contribution in [0, 0.1) is 0 Å². The number of rotatable bonds is 3. The zero-order chi connectivity index (χ0) is 15.8. The van der Waals surface area contributed by atoms with Crippen molar-refractivity contribution in [2.75, 3.05) is 0 Å². The van der Waals surface area contributed by atoms with Gasteiger partial charge in [0.15, 0.2) is 6.10 Å². The Balaban J connectivity index is 1.46. The molecule has 116 valence electrons. The van der Waals surface area contributed by atoms with Gasteiger partial charge in [-0.1, -0.05) is 30.3 Å². The van der Waals surface area contributed by atoms with Crippen LogP contribution in [0.25, 0.3) is 11.0 Å². The lowest BCUT2D eigenvalue weighted by molar-refractivity contribution is -0.127. The summed E-state index contributed by atoms with van der Waals surface area (Å²) in [4.78, 5) is 20.2. The fourth-order valence-electron chi connectivity index (χ4n) is 2.88. The van der Waals surface area contributed by atoms with Crippen molar-refractivity contribution in [2.45, 2.75) is 25.5 Å². The summed E-state index contributed by atoms with van der Waals surface area (Å²) in [6.07, 6.45) is 0.133. The molecule has 0 fully saturated rings. The number of ether oxygens (including phenoxy) is 1. The fourth-order valence-corrected chi connectivity index (χ4v) is 2.88. The van der Waals surface area contributed by atoms with Crippen molar-refractivity contribution >= 4 is 16.9 Å². The monoisotopic (exact) mass is 307 g/mol. The minimum atomic E-state index is -0.473. The van der Waals surface area contributed by atoms with Gasteiger partial charge in [-0.15, -0.1) is 0 Å². The highest BCUT2D eigenvalue weighted by atomic mass is 16.5. The number of para-hydroxylation sites is 3. The Morgan fingerprint density at radius 3 is 2.87 bits per heavy atom. The number of nitrogens with one attached hydrogen (secondary N) is 2. The molecule has 1 aromatic heterocycles. The molecule has 2 N–H and O–H groups in total. The molecule has 3 aromatic rings. The van der Waals surface area contributed by atoms with Gasteiger partial charge in [0.05, 0.1) is 17.1 Å². The molecule has 2 unspecified atom stereocenters. The first-order chi connectivity index (χ1) is 11.2. The molecule has 0 radical (unpaired) electrons. The molecule has 5 nitrogen and oxygen atoms in total. The van der Waals surface area contributed by atoms with Crippen molar-refractivity contribution in [3.05, 3.63) is 59.9 Å². The fraction of sp³-hybridized carbons (Fsp3) is 0.222. The van der Waals surface area contributed by atoms with E-state index >= 15 is 0 Å². The average molecular weight is 307 g/mol. The largest absolute Gasteiger partial charge is 0.480 e. The summed E-state index contributed by atoms with van der Waals surface area (Å²) in [7, 11) is 0. The molecule has 0 aliphatic carbocycles. The molecule has 0 saturated heterocycles. The maximum absolute atomic E-state index is 12.4. The van der Waals surface area contributed by atoms with Gasteiger partial charge in [0, 0.05) is 6.42 Å². The van der Waals surface area contributed by atoms with Crippen LogP contribution in [0.1, 0.15) is 24.4 Å². The number of nitrogens with zero attached hydrogens (tertiary/aromatic N) is 1. The number of hydrogen-bond acceptors (Lipinski definition) is 3. The van der Waals surface area contributed by atoms with Crippen LogP contribution in [0.3, 0.4) is 0 Å². The van der Waals surface area contributed by atoms with Gasteiger partial charge in [-0.3, -0.25) is 4.79 Å². The molecule has 1 aliphatic heterocycles. The number of aromatic nitrogens is 2. The predicted octanol–water partition coefficient (Wildman–Crippen LogP) is 2.74. The van der Waals surface area contributed by atoms with E-state index in [0.29, 0.717) is 6.42 Å². The van der Waals surface area contributed by atoms with Crippen molar-refractivity contribution in [2.24, 2.45) is 0 Å². The number of benzene rings is 2. The number of imidazole rings is 1. The third-order valence-electron chi connectivity index (χ3n) is 4.12. The highest BCUT2D eigenvalue weighted by molar-refractivity contribution is 5.83. The van der Waals surface area contributed by atoms with Crippen molar-refractivity contribution in [3.8, 4) is 5.75 Å². The minimum absolute atomic E-state index is 0.117. The number of amides is 1. The standard InChI is InChI=1S/C18H17N3O2/c1-11(17-20-13-7-3-4-8-14(13)21-17)19-18(22)16-10-12-6-2-5-9-15(12)23-16/h2-9,11,16H,10H2,1H3,(H,19,22)(H,20,21). The Morgan fingerprint density at radius 1 is 1.26 bits per heavy atom. The van der Waals surface area contributed by atoms with Crippen molar-refractivity contribution < 1.29 is 9.53 Å². The quantitative estimate of drug-likeness (QED) is 0.782. The Labute approximate surface area is 133 Å². The van der Waals surface area contributed by atoms with Gasteiger partial charge in [-0.2, -0.15) is 0 Å². The molecule has 1 aliphatic rings. The molecule has 0 saturated carbocycles. The summed E-state index contributed by atoms with van der Waals surface area (Å²) in [5.74, 6) is 1.42. The molecule has 5 heteroatoms. The van der Waals surface area contributed by atoms with E-state index in [1.165, 1.54) is 0 Å². The lowest BCUT2D eigenvalue weighted by Crippen LogP contribution is -2.39. The van der Waals surface area contributed by atoms with E-state index in [1.54, 1.807) is 0 Å². The van der Waals surface area contributed by atoms with E-state index in [1.807, 2.05) is 55.5 Å². The number of carbonyl (C=O) groups is 1. The second-order valence-corrected chi connectivity index (χ2v) is 5.79. The summed E-state index contributed by atoms with van der Waals surface area (Å²) in [6.45, 7) is 1.91. The first-order valence-corrected chi connectivity index (χ1v) is 7.70. The van der Waals surface area contributed by atoms with E-state index < -0.39 is 6.10 Å². The van der Waals surface area contributed by atoms with Gasteiger partial charge >= 0.3 is 0 Å². The van der Waals surface area contributed by atoms with E-state index in [0.717, 1.165) is 28.2 Å². The second-order valence-electron chi connectivity index (χ2n) is 5.79. The topological polar surface area (TPSA) is 67.0 Å². The summed E-state index contributed by atoms with van der Waals surface area (Å²) in [6, 6.07) is 15.4. The summed E-state index contributed by atoms with van der Waals surface area (Å²) >= 11 is 0. The maximum atomic E-state index is 12.4. The van der Waals surface area contributed by atoms with Crippen LogP contribution < -0.4 is 10.1 Å². The Hall–Kier alpha value is -2.82. The summed E-state index contributed by atoms with van der Waals surface area (Å²) < 4.78 is 5.72. The van der Waals surface area contributed by atoms with Crippen LogP contribution in [0.15, 0.2) is 48.5 Å². The summed E-state index contributed by atoms with van der Waals surface area (Å²) in [5, 5.41) is 2.98. The van der Waals surface area contributed by atoms with Gasteiger partial charge < -0.3 is 15.0 Å². The van der Waals surface area contributed by atoms with Crippen LogP contribution in [-0.4, -0.2) is 22.0 Å². The maximum Gasteiger partial charge on any atom is 0.262 e. The first-order valence-electron chi connectivity index (χ1n) is 7.70. The van der Waals surface area contributed by atoms with Crippen LogP contribution in [0.2, 0.25) is 0 Å². The Kier molecular flexibility index (Phi) is 3.26. The predicted molar refractivity (Wildman–Crippen MR) is 87.2 cm³/mol. The van der Waals surface area contributed by atoms with Gasteiger partial charge in [0.1, 0.15) is 11.6 Å². The first kappa shape index (κ1) is 13.8. The molecule has 0 spiro atoms. The van der Waals surface area contributed by atoms with Crippen molar-refractivity contribution in [1.82, 2.24) is 15.3 Å². The number of hydrogen-bond donors (Lipinski definition) is 2. The third kappa shape index (κ3) is 2.54. The summed E-state index contributed by atoms with van der Waals surface area (Å²) in [5.41, 5.74) is 2.94. The molecule has 2 aromatic carbocycles. The van der Waals surface area contributed by atoms with Crippen LogP contribution in [0.5, 0.6) is 5.75 Å². The van der Waals surface area contributed by atoms with Crippen LogP contribution in [0.4, 0.5) is 0 Å². The highest BCUT2D eigenvalue weighted by Crippen LogP contribution is 2.28. The normalized spacial score (nSPS) is 17.5. The van der Waals surface area contributed by atoms with Gasteiger partial charge in [-0.25, -0.2) is 4.98 Å². The zero-order valence-corrected chi connectivity index (χ0v) is 12.7. The second kappa shape index (κ2) is 5.43. The van der Waals surface area contributed by atoms with Gasteiger partial charge in [0.2, 0.25) is 0 Å². The van der Waals surface area contributed by atoms with Crippen LogP contribution >= 0.6 is 0 Å².